The van der Waals surface area contributed by atoms with E-state index in [0.717, 1.165) is 20.9 Å². The molecule has 3 aromatic rings. The third-order valence-corrected chi connectivity index (χ3v) is 4.39. The number of carbonyl (C=O) groups is 1. The Labute approximate surface area is 126 Å². The highest BCUT2D eigenvalue weighted by atomic mass is 32.1. The lowest BCUT2D eigenvalue weighted by Gasteiger charge is -1.99. The number of hydrogen-bond acceptors (Lipinski definition) is 2. The maximum Gasteiger partial charge on any atom is 0.177 e. The van der Waals surface area contributed by atoms with Crippen LogP contribution < -0.4 is 0 Å². The monoisotopic (exact) mass is 296 g/mol. The second-order valence-electron chi connectivity index (χ2n) is 4.76. The first-order valence-electron chi connectivity index (χ1n) is 6.65. The summed E-state index contributed by atoms with van der Waals surface area (Å²) >= 11 is 1.45. The van der Waals surface area contributed by atoms with Crippen LogP contribution in [0.15, 0.2) is 66.7 Å². The minimum absolute atomic E-state index is 0.111. The van der Waals surface area contributed by atoms with Crippen molar-refractivity contribution in [3.63, 3.8) is 0 Å². The number of hydrogen-bond donors (Lipinski definition) is 0. The molecule has 0 bridgehead atoms. The third kappa shape index (κ3) is 3.26. The highest BCUT2D eigenvalue weighted by molar-refractivity contribution is 7.17. The Morgan fingerprint density at radius 2 is 1.62 bits per heavy atom. The fourth-order valence-corrected chi connectivity index (χ4v) is 3.07. The molecule has 3 rings (SSSR count). The molecule has 0 unspecified atom stereocenters. The van der Waals surface area contributed by atoms with Crippen LogP contribution in [-0.2, 0) is 6.42 Å². The summed E-state index contributed by atoms with van der Waals surface area (Å²) in [4.78, 5) is 14.0. The summed E-state index contributed by atoms with van der Waals surface area (Å²) in [6.07, 6.45) is 0.407. The molecule has 0 radical (unpaired) electrons. The molecule has 104 valence electrons. The Kier molecular flexibility index (Phi) is 3.93. The standard InChI is InChI=1S/C18H13FOS/c19-15-8-6-14(7-9-15)17-10-11-18(21-17)16(20)12-13-4-2-1-3-5-13/h1-11H,12H2. The molecule has 0 spiro atoms. The van der Waals surface area contributed by atoms with Crippen molar-refractivity contribution in [2.75, 3.05) is 0 Å². The second-order valence-corrected chi connectivity index (χ2v) is 5.84. The molecule has 3 heteroatoms. The zero-order valence-electron chi connectivity index (χ0n) is 11.3. The number of carbonyl (C=O) groups excluding carboxylic acids is 1. The lowest BCUT2D eigenvalue weighted by Crippen LogP contribution is -2.00. The van der Waals surface area contributed by atoms with Gasteiger partial charge < -0.3 is 0 Å². The van der Waals surface area contributed by atoms with E-state index in [0.29, 0.717) is 6.42 Å². The van der Waals surface area contributed by atoms with Gasteiger partial charge in [0.2, 0.25) is 0 Å². The molecule has 0 amide bonds. The summed E-state index contributed by atoms with van der Waals surface area (Å²) < 4.78 is 12.9. The summed E-state index contributed by atoms with van der Waals surface area (Å²) in [6, 6.07) is 19.8. The molecule has 21 heavy (non-hydrogen) atoms. The first-order chi connectivity index (χ1) is 10.2. The first-order valence-corrected chi connectivity index (χ1v) is 7.47. The summed E-state index contributed by atoms with van der Waals surface area (Å²) in [6.45, 7) is 0. The molecule has 0 fully saturated rings. The number of Topliss-reactive ketones (excluding diaryl/α,β-unsaturated/α-hetero) is 1. The fourth-order valence-electron chi connectivity index (χ4n) is 2.13. The van der Waals surface area contributed by atoms with E-state index in [2.05, 4.69) is 0 Å². The van der Waals surface area contributed by atoms with E-state index < -0.39 is 0 Å². The minimum atomic E-state index is -0.254. The highest BCUT2D eigenvalue weighted by Gasteiger charge is 2.11. The smallest absolute Gasteiger partial charge is 0.177 e. The Morgan fingerprint density at radius 3 is 2.33 bits per heavy atom. The van der Waals surface area contributed by atoms with E-state index in [9.17, 15) is 9.18 Å². The SMILES string of the molecule is O=C(Cc1ccccc1)c1ccc(-c2ccc(F)cc2)s1. The van der Waals surface area contributed by atoms with E-state index in [4.69, 9.17) is 0 Å². The van der Waals surface area contributed by atoms with Crippen LogP contribution in [0.5, 0.6) is 0 Å². The quantitative estimate of drug-likeness (QED) is 0.621. The van der Waals surface area contributed by atoms with Gasteiger partial charge in [-0.15, -0.1) is 11.3 Å². The van der Waals surface area contributed by atoms with Crippen LogP contribution in [0.2, 0.25) is 0 Å². The minimum Gasteiger partial charge on any atom is -0.293 e. The largest absolute Gasteiger partial charge is 0.293 e. The second kappa shape index (κ2) is 6.02. The maximum atomic E-state index is 12.9. The van der Waals surface area contributed by atoms with Crippen molar-refractivity contribution < 1.29 is 9.18 Å². The molecule has 1 heterocycles. The topological polar surface area (TPSA) is 17.1 Å². The van der Waals surface area contributed by atoms with Gasteiger partial charge in [0.15, 0.2) is 5.78 Å². The van der Waals surface area contributed by atoms with Gasteiger partial charge in [-0.2, -0.15) is 0 Å². The van der Waals surface area contributed by atoms with Crippen molar-refractivity contribution in [1.82, 2.24) is 0 Å². The Bertz CT molecular complexity index is 744. The number of rotatable bonds is 4. The van der Waals surface area contributed by atoms with E-state index in [1.54, 1.807) is 12.1 Å². The van der Waals surface area contributed by atoms with Crippen LogP contribution >= 0.6 is 11.3 Å². The molecular weight excluding hydrogens is 283 g/mol. The Balaban J connectivity index is 1.78. The van der Waals surface area contributed by atoms with Gasteiger partial charge in [-0.3, -0.25) is 4.79 Å². The van der Waals surface area contributed by atoms with Crippen LogP contribution in [0.3, 0.4) is 0 Å². The predicted molar refractivity (Wildman–Crippen MR) is 84.2 cm³/mol. The molecule has 0 aliphatic carbocycles. The molecule has 0 saturated carbocycles. The molecule has 0 saturated heterocycles. The molecule has 2 aromatic carbocycles. The zero-order valence-corrected chi connectivity index (χ0v) is 12.1. The molecule has 0 aliphatic heterocycles. The van der Waals surface area contributed by atoms with E-state index in [1.165, 1.54) is 23.5 Å². The van der Waals surface area contributed by atoms with Crippen LogP contribution in [-0.4, -0.2) is 5.78 Å². The number of thiophene rings is 1. The van der Waals surface area contributed by atoms with Gasteiger partial charge in [0.25, 0.3) is 0 Å². The normalized spacial score (nSPS) is 10.5. The highest BCUT2D eigenvalue weighted by Crippen LogP contribution is 2.29. The lowest BCUT2D eigenvalue weighted by molar-refractivity contribution is 0.0997. The lowest BCUT2D eigenvalue weighted by atomic mass is 10.1. The van der Waals surface area contributed by atoms with E-state index in [1.807, 2.05) is 42.5 Å². The molecule has 1 nitrogen and oxygen atoms in total. The van der Waals surface area contributed by atoms with Gasteiger partial charge in [-0.25, -0.2) is 4.39 Å². The van der Waals surface area contributed by atoms with Gasteiger partial charge in [0.1, 0.15) is 5.82 Å². The average molecular weight is 296 g/mol. The predicted octanol–water partition coefficient (Wildman–Crippen LogP) is 4.98. The number of ketones is 1. The van der Waals surface area contributed by atoms with Gasteiger partial charge in [0.05, 0.1) is 4.88 Å². The van der Waals surface area contributed by atoms with E-state index >= 15 is 0 Å². The third-order valence-electron chi connectivity index (χ3n) is 3.22. The summed E-state index contributed by atoms with van der Waals surface area (Å²) in [7, 11) is 0. The molecular formula is C18H13FOS. The van der Waals surface area contributed by atoms with Crippen molar-refractivity contribution in [1.29, 1.82) is 0 Å². The van der Waals surface area contributed by atoms with Crippen molar-refractivity contribution in [2.24, 2.45) is 0 Å². The van der Waals surface area contributed by atoms with Gasteiger partial charge >= 0.3 is 0 Å². The van der Waals surface area contributed by atoms with Crippen molar-refractivity contribution >= 4 is 17.1 Å². The first kappa shape index (κ1) is 13.7. The van der Waals surface area contributed by atoms with Crippen LogP contribution in [0, 0.1) is 5.82 Å². The Hall–Kier alpha value is -2.26. The fraction of sp³-hybridized carbons (Fsp3) is 0.0556. The van der Waals surface area contributed by atoms with Gasteiger partial charge in [-0.05, 0) is 35.4 Å². The van der Waals surface area contributed by atoms with Crippen LogP contribution in [0.4, 0.5) is 4.39 Å². The summed E-state index contributed by atoms with van der Waals surface area (Å²) in [5.41, 5.74) is 1.94. The number of benzene rings is 2. The molecule has 0 atom stereocenters. The van der Waals surface area contributed by atoms with Gasteiger partial charge in [-0.1, -0.05) is 42.5 Å². The van der Waals surface area contributed by atoms with E-state index in [-0.39, 0.29) is 11.6 Å². The van der Waals surface area contributed by atoms with Crippen LogP contribution in [0.25, 0.3) is 10.4 Å². The average Bonchev–Trinajstić information content (AvgIpc) is 2.99. The Morgan fingerprint density at radius 1 is 0.905 bits per heavy atom. The molecule has 1 aromatic heterocycles. The molecule has 0 aliphatic rings. The van der Waals surface area contributed by atoms with Crippen LogP contribution in [0.1, 0.15) is 15.2 Å². The molecule has 0 N–H and O–H groups in total. The van der Waals surface area contributed by atoms with Crippen molar-refractivity contribution in [2.45, 2.75) is 6.42 Å². The van der Waals surface area contributed by atoms with Crippen molar-refractivity contribution in [3.05, 3.63) is 83.0 Å². The number of halogens is 1. The van der Waals surface area contributed by atoms with Crippen molar-refractivity contribution in [3.8, 4) is 10.4 Å². The maximum absolute atomic E-state index is 12.9. The zero-order chi connectivity index (χ0) is 14.7. The summed E-state index contributed by atoms with van der Waals surface area (Å²) in [5.74, 6) is -0.143. The summed E-state index contributed by atoms with van der Waals surface area (Å²) in [5, 5.41) is 0. The van der Waals surface area contributed by atoms with Gasteiger partial charge in [0, 0.05) is 11.3 Å².